The van der Waals surface area contributed by atoms with Crippen LogP contribution in [0.5, 0.6) is 0 Å². The lowest BCUT2D eigenvalue weighted by Crippen LogP contribution is -2.38. The maximum Gasteiger partial charge on any atom is 0.256 e. The van der Waals surface area contributed by atoms with Crippen molar-refractivity contribution >= 4 is 34.7 Å². The molecule has 1 fully saturated rings. The van der Waals surface area contributed by atoms with Crippen LogP contribution in [0, 0.1) is 5.92 Å². The molecule has 8 nitrogen and oxygen atoms in total. The highest BCUT2D eigenvalue weighted by Crippen LogP contribution is 2.32. The van der Waals surface area contributed by atoms with Crippen LogP contribution in [-0.4, -0.2) is 80.1 Å². The Kier molecular flexibility index (Phi) is 7.80. The number of hydrogen-bond acceptors (Lipinski definition) is 5. The molecule has 2 N–H and O–H groups in total. The second-order valence-corrected chi connectivity index (χ2v) is 8.58. The molecular formula is C24H33N5O3. The van der Waals surface area contributed by atoms with E-state index in [1.165, 1.54) is 17.7 Å². The van der Waals surface area contributed by atoms with Crippen molar-refractivity contribution in [2.45, 2.75) is 26.7 Å². The van der Waals surface area contributed by atoms with E-state index >= 15 is 0 Å². The first-order valence-corrected chi connectivity index (χ1v) is 11.2. The van der Waals surface area contributed by atoms with Crippen LogP contribution in [0.25, 0.3) is 5.57 Å². The Labute approximate surface area is 189 Å². The molecule has 1 aromatic rings. The highest BCUT2D eigenvalue weighted by molar-refractivity contribution is 6.31. The summed E-state index contributed by atoms with van der Waals surface area (Å²) in [6.45, 7) is 7.71. The van der Waals surface area contributed by atoms with Gasteiger partial charge in [-0.2, -0.15) is 0 Å². The number of likely N-dealkylation sites (tertiary alicyclic amines) is 1. The zero-order valence-corrected chi connectivity index (χ0v) is 19.4. The number of nitrogens with zero attached hydrogens (tertiary/aromatic N) is 3. The Morgan fingerprint density at radius 3 is 2.69 bits per heavy atom. The predicted octanol–water partition coefficient (Wildman–Crippen LogP) is 2.03. The number of carbonyl (C=O) groups is 3. The monoisotopic (exact) mass is 439 g/mol. The first-order valence-electron chi connectivity index (χ1n) is 11.2. The highest BCUT2D eigenvalue weighted by Gasteiger charge is 2.25. The molecule has 172 valence electrons. The summed E-state index contributed by atoms with van der Waals surface area (Å²) in [6, 6.07) is 5.18. The van der Waals surface area contributed by atoms with Crippen molar-refractivity contribution in [2.75, 3.05) is 52.1 Å². The zero-order valence-electron chi connectivity index (χ0n) is 19.4. The SMILES string of the molecule is CC(=NCC=C1C(=O)Nc2ccc(C(=O)N(C)C)cc21)C(C)C(=O)NCCN1CCCC1. The third-order valence-electron chi connectivity index (χ3n) is 6.04. The molecular weight excluding hydrogens is 406 g/mol. The molecule has 2 aliphatic heterocycles. The summed E-state index contributed by atoms with van der Waals surface area (Å²) in [6.07, 6.45) is 4.22. The largest absolute Gasteiger partial charge is 0.354 e. The van der Waals surface area contributed by atoms with Crippen LogP contribution in [-0.2, 0) is 9.59 Å². The summed E-state index contributed by atoms with van der Waals surface area (Å²) < 4.78 is 0. The van der Waals surface area contributed by atoms with E-state index in [1.54, 1.807) is 38.4 Å². The number of amides is 3. The van der Waals surface area contributed by atoms with Crippen LogP contribution < -0.4 is 10.6 Å². The number of rotatable bonds is 8. The average Bonchev–Trinajstić information content (AvgIpc) is 3.39. The average molecular weight is 440 g/mol. The van der Waals surface area contributed by atoms with Crippen LogP contribution in [0.2, 0.25) is 0 Å². The van der Waals surface area contributed by atoms with Crippen molar-refractivity contribution in [1.29, 1.82) is 0 Å². The van der Waals surface area contributed by atoms with Gasteiger partial charge in [-0.3, -0.25) is 19.4 Å². The summed E-state index contributed by atoms with van der Waals surface area (Å²) in [5.74, 6) is -0.699. The number of benzene rings is 1. The third kappa shape index (κ3) is 5.62. The molecule has 1 atom stereocenters. The molecule has 3 amide bonds. The van der Waals surface area contributed by atoms with Gasteiger partial charge in [0.25, 0.3) is 11.8 Å². The summed E-state index contributed by atoms with van der Waals surface area (Å²) >= 11 is 0. The fraction of sp³-hybridized carbons (Fsp3) is 0.500. The summed E-state index contributed by atoms with van der Waals surface area (Å²) in [4.78, 5) is 45.4. The summed E-state index contributed by atoms with van der Waals surface area (Å²) in [5, 5.41) is 5.81. The molecule has 0 radical (unpaired) electrons. The summed E-state index contributed by atoms with van der Waals surface area (Å²) in [5.41, 5.74) is 3.12. The smallest absolute Gasteiger partial charge is 0.256 e. The molecule has 1 aromatic carbocycles. The fourth-order valence-corrected chi connectivity index (χ4v) is 3.89. The molecule has 1 saturated heterocycles. The van der Waals surface area contributed by atoms with Gasteiger partial charge in [0, 0.05) is 55.3 Å². The van der Waals surface area contributed by atoms with E-state index in [9.17, 15) is 14.4 Å². The highest BCUT2D eigenvalue weighted by atomic mass is 16.2. The van der Waals surface area contributed by atoms with Crippen LogP contribution in [0.4, 0.5) is 5.69 Å². The van der Waals surface area contributed by atoms with Gasteiger partial charge in [0.1, 0.15) is 0 Å². The molecule has 0 aromatic heterocycles. The van der Waals surface area contributed by atoms with Gasteiger partial charge < -0.3 is 20.4 Å². The zero-order chi connectivity index (χ0) is 23.3. The first-order chi connectivity index (χ1) is 15.3. The predicted molar refractivity (Wildman–Crippen MR) is 127 cm³/mol. The van der Waals surface area contributed by atoms with E-state index in [2.05, 4.69) is 20.5 Å². The van der Waals surface area contributed by atoms with Gasteiger partial charge in [-0.25, -0.2) is 0 Å². The number of anilines is 1. The van der Waals surface area contributed by atoms with Gasteiger partial charge >= 0.3 is 0 Å². The Bertz CT molecular complexity index is 945. The molecule has 3 rings (SSSR count). The maximum absolute atomic E-state index is 12.4. The van der Waals surface area contributed by atoms with E-state index < -0.39 is 0 Å². The number of carbonyl (C=O) groups excluding carboxylic acids is 3. The van der Waals surface area contributed by atoms with Crippen LogP contribution >= 0.6 is 0 Å². The molecule has 0 bridgehead atoms. The van der Waals surface area contributed by atoms with Crippen LogP contribution in [0.3, 0.4) is 0 Å². The molecule has 1 unspecified atom stereocenters. The first kappa shape index (κ1) is 23.7. The number of hydrogen-bond donors (Lipinski definition) is 2. The fourth-order valence-electron chi connectivity index (χ4n) is 3.89. The Hall–Kier alpha value is -3.00. The minimum absolute atomic E-state index is 0.0334. The number of aliphatic imine (C=N–C) groups is 1. The quantitative estimate of drug-likeness (QED) is 0.479. The molecule has 0 saturated carbocycles. The molecule has 0 spiro atoms. The van der Waals surface area contributed by atoms with Crippen molar-refractivity contribution in [3.8, 4) is 0 Å². The lowest BCUT2D eigenvalue weighted by Gasteiger charge is -2.16. The van der Waals surface area contributed by atoms with E-state index in [1.807, 2.05) is 13.8 Å². The molecule has 0 aliphatic carbocycles. The van der Waals surface area contributed by atoms with Crippen molar-refractivity contribution in [3.05, 3.63) is 35.4 Å². The normalized spacial score (nSPS) is 18.4. The Balaban J connectivity index is 1.60. The lowest BCUT2D eigenvalue weighted by atomic mass is 10.0. The minimum atomic E-state index is -0.332. The van der Waals surface area contributed by atoms with E-state index in [-0.39, 0.29) is 30.2 Å². The van der Waals surface area contributed by atoms with E-state index in [0.29, 0.717) is 28.9 Å². The van der Waals surface area contributed by atoms with Crippen molar-refractivity contribution in [2.24, 2.45) is 10.9 Å². The third-order valence-corrected chi connectivity index (χ3v) is 6.04. The molecule has 2 heterocycles. The standard InChI is InChI=1S/C24H33N5O3/c1-16(22(30)26-11-14-29-12-5-6-13-29)17(2)25-10-9-19-20-15-18(24(32)28(3)4)7-8-21(20)27-23(19)31/h7-9,15-16H,5-6,10-14H2,1-4H3,(H,26,30)(H,27,31). The van der Waals surface area contributed by atoms with Crippen LogP contribution in [0.1, 0.15) is 42.6 Å². The van der Waals surface area contributed by atoms with Gasteiger partial charge in [-0.1, -0.05) is 0 Å². The van der Waals surface area contributed by atoms with Gasteiger partial charge in [0.05, 0.1) is 12.5 Å². The minimum Gasteiger partial charge on any atom is -0.354 e. The van der Waals surface area contributed by atoms with E-state index in [0.717, 1.165) is 25.3 Å². The van der Waals surface area contributed by atoms with Crippen molar-refractivity contribution in [1.82, 2.24) is 15.1 Å². The van der Waals surface area contributed by atoms with Crippen molar-refractivity contribution in [3.63, 3.8) is 0 Å². The Morgan fingerprint density at radius 1 is 1.28 bits per heavy atom. The van der Waals surface area contributed by atoms with Crippen LogP contribution in [0.15, 0.2) is 29.3 Å². The second-order valence-electron chi connectivity index (χ2n) is 8.58. The Morgan fingerprint density at radius 2 is 2.00 bits per heavy atom. The lowest BCUT2D eigenvalue weighted by molar-refractivity contribution is -0.122. The molecule has 32 heavy (non-hydrogen) atoms. The molecule has 2 aliphatic rings. The van der Waals surface area contributed by atoms with E-state index in [4.69, 9.17) is 0 Å². The number of nitrogens with one attached hydrogen (secondary N) is 2. The van der Waals surface area contributed by atoms with Gasteiger partial charge in [-0.05, 0) is 64.1 Å². The molecule has 8 heteroatoms. The topological polar surface area (TPSA) is 94.1 Å². The second kappa shape index (κ2) is 10.5. The van der Waals surface area contributed by atoms with Gasteiger partial charge in [0.15, 0.2) is 0 Å². The summed E-state index contributed by atoms with van der Waals surface area (Å²) in [7, 11) is 3.38. The number of fused-ring (bicyclic) bond motifs is 1. The van der Waals surface area contributed by atoms with Gasteiger partial charge in [0.2, 0.25) is 5.91 Å². The van der Waals surface area contributed by atoms with Gasteiger partial charge in [-0.15, -0.1) is 0 Å². The van der Waals surface area contributed by atoms with Crippen molar-refractivity contribution < 1.29 is 14.4 Å². The maximum atomic E-state index is 12.4.